The third-order valence-electron chi connectivity index (χ3n) is 5.40. The second kappa shape index (κ2) is 8.58. The molecule has 3 aromatic carbocycles. The molecule has 10 heteroatoms. The fourth-order valence-electron chi connectivity index (χ4n) is 3.72. The monoisotopic (exact) mass is 495 g/mol. The molecule has 1 aliphatic rings. The highest BCUT2D eigenvalue weighted by Crippen LogP contribution is 2.37. The van der Waals surface area contributed by atoms with E-state index in [1.54, 1.807) is 30.3 Å². The number of hydrogen-bond acceptors (Lipinski definition) is 5. The number of rotatable bonds is 5. The molecule has 1 aromatic heterocycles. The van der Waals surface area contributed by atoms with Crippen molar-refractivity contribution in [2.75, 3.05) is 10.0 Å². The predicted octanol–water partition coefficient (Wildman–Crippen LogP) is 5.24. The van der Waals surface area contributed by atoms with Crippen molar-refractivity contribution in [3.05, 3.63) is 106 Å². The van der Waals surface area contributed by atoms with Crippen molar-refractivity contribution in [3.8, 4) is 0 Å². The van der Waals surface area contributed by atoms with Gasteiger partial charge < -0.3 is 5.32 Å². The van der Waals surface area contributed by atoms with Crippen LogP contribution < -0.4 is 10.0 Å². The first-order valence-corrected chi connectivity index (χ1v) is 12.2. The number of fused-ring (bicyclic) bond motifs is 1. The maximum absolute atomic E-state index is 14.9. The van der Waals surface area contributed by atoms with E-state index in [4.69, 9.17) is 11.6 Å². The molecule has 0 saturated heterocycles. The van der Waals surface area contributed by atoms with Crippen LogP contribution in [0.25, 0.3) is 5.70 Å². The molecule has 0 spiro atoms. The first-order valence-electron chi connectivity index (χ1n) is 10.4. The molecule has 0 amide bonds. The molecule has 0 aliphatic carbocycles. The zero-order valence-corrected chi connectivity index (χ0v) is 19.5. The number of anilines is 2. The van der Waals surface area contributed by atoms with Crippen LogP contribution in [0.2, 0.25) is 5.02 Å². The van der Waals surface area contributed by atoms with Gasteiger partial charge in [-0.25, -0.2) is 22.2 Å². The van der Waals surface area contributed by atoms with Gasteiger partial charge >= 0.3 is 0 Å². The summed E-state index contributed by atoms with van der Waals surface area (Å²) in [6.07, 6.45) is 1.78. The van der Waals surface area contributed by atoms with Crippen molar-refractivity contribution < 1.29 is 12.8 Å². The van der Waals surface area contributed by atoms with E-state index >= 15 is 0 Å². The maximum atomic E-state index is 14.9. The standard InChI is InChI=1S/C24H19ClFN5O2S/c1-15-10-12-16(13-11-15)20-14-21(22-18(25)8-5-9-19(22)26)31-24(27-20)28-23(29-31)30-34(32,33)17-6-3-2-4-7-17/h2-14,21H,1H3,(H2,27,28,29,30)/t21-/m0/s1. The number of halogens is 2. The van der Waals surface area contributed by atoms with Crippen LogP contribution in [0.3, 0.4) is 0 Å². The highest BCUT2D eigenvalue weighted by molar-refractivity contribution is 7.92. The average Bonchev–Trinajstić information content (AvgIpc) is 3.21. The molecule has 4 aromatic rings. The summed E-state index contributed by atoms with van der Waals surface area (Å²) in [6.45, 7) is 1.98. The summed E-state index contributed by atoms with van der Waals surface area (Å²) in [6, 6.07) is 19.4. The van der Waals surface area contributed by atoms with Crippen LogP contribution in [0, 0.1) is 12.7 Å². The van der Waals surface area contributed by atoms with Crippen LogP contribution in [-0.4, -0.2) is 23.2 Å². The molecule has 0 saturated carbocycles. The number of aryl methyl sites for hydroxylation is 1. The number of sulfonamides is 1. The van der Waals surface area contributed by atoms with Crippen LogP contribution in [0.1, 0.15) is 22.7 Å². The maximum Gasteiger partial charge on any atom is 0.264 e. The fourth-order valence-corrected chi connectivity index (χ4v) is 4.95. The zero-order chi connectivity index (χ0) is 23.9. The van der Waals surface area contributed by atoms with Gasteiger partial charge in [0.05, 0.1) is 4.90 Å². The average molecular weight is 496 g/mol. The van der Waals surface area contributed by atoms with Gasteiger partial charge in [-0.2, -0.15) is 4.98 Å². The number of nitrogens with zero attached hydrogens (tertiary/aromatic N) is 3. The quantitative estimate of drug-likeness (QED) is 0.395. The molecule has 0 radical (unpaired) electrons. The van der Waals surface area contributed by atoms with Gasteiger partial charge in [-0.15, -0.1) is 5.10 Å². The minimum absolute atomic E-state index is 0.0721. The lowest BCUT2D eigenvalue weighted by molar-refractivity contribution is 0.552. The number of benzene rings is 3. The van der Waals surface area contributed by atoms with Gasteiger partial charge in [-0.3, -0.25) is 0 Å². The van der Waals surface area contributed by atoms with E-state index in [0.717, 1.165) is 11.1 Å². The van der Waals surface area contributed by atoms with Gasteiger partial charge in [0.25, 0.3) is 16.0 Å². The number of allylic oxidation sites excluding steroid dienone is 1. The van der Waals surface area contributed by atoms with Gasteiger partial charge in [-0.1, -0.05) is 65.7 Å². The zero-order valence-electron chi connectivity index (χ0n) is 17.9. The Morgan fingerprint density at radius 1 is 1.03 bits per heavy atom. The minimum atomic E-state index is -3.91. The van der Waals surface area contributed by atoms with Gasteiger partial charge in [-0.05, 0) is 42.8 Å². The highest BCUT2D eigenvalue weighted by Gasteiger charge is 2.30. The molecule has 5 rings (SSSR count). The molecule has 1 atom stereocenters. The molecular formula is C24H19ClFN5O2S. The minimum Gasteiger partial charge on any atom is -0.324 e. The lowest BCUT2D eigenvalue weighted by Gasteiger charge is -2.25. The summed E-state index contributed by atoms with van der Waals surface area (Å²) < 4.78 is 44.3. The summed E-state index contributed by atoms with van der Waals surface area (Å²) in [4.78, 5) is 4.41. The van der Waals surface area contributed by atoms with E-state index in [-0.39, 0.29) is 27.4 Å². The second-order valence-electron chi connectivity index (χ2n) is 7.77. The summed E-state index contributed by atoms with van der Waals surface area (Å²) in [5.41, 5.74) is 2.82. The Morgan fingerprint density at radius 2 is 1.76 bits per heavy atom. The van der Waals surface area contributed by atoms with Gasteiger partial charge in [0, 0.05) is 16.3 Å². The first-order chi connectivity index (χ1) is 16.3. The summed E-state index contributed by atoms with van der Waals surface area (Å²) in [5.74, 6) is -0.415. The van der Waals surface area contributed by atoms with Crippen LogP contribution in [0.15, 0.2) is 83.8 Å². The Labute approximate surface area is 201 Å². The van der Waals surface area contributed by atoms with E-state index in [0.29, 0.717) is 5.70 Å². The van der Waals surface area contributed by atoms with Crippen molar-refractivity contribution in [3.63, 3.8) is 0 Å². The molecule has 2 N–H and O–H groups in total. The van der Waals surface area contributed by atoms with Crippen molar-refractivity contribution in [2.45, 2.75) is 17.9 Å². The Balaban J connectivity index is 1.59. The number of nitrogens with one attached hydrogen (secondary N) is 2. The highest BCUT2D eigenvalue weighted by atomic mass is 35.5. The van der Waals surface area contributed by atoms with E-state index in [9.17, 15) is 12.8 Å². The van der Waals surface area contributed by atoms with Crippen molar-refractivity contribution in [1.29, 1.82) is 0 Å². The molecule has 0 unspecified atom stereocenters. The predicted molar refractivity (Wildman–Crippen MR) is 130 cm³/mol. The Morgan fingerprint density at radius 3 is 2.47 bits per heavy atom. The normalized spacial score (nSPS) is 15.3. The second-order valence-corrected chi connectivity index (χ2v) is 9.86. The Hall–Kier alpha value is -3.69. The van der Waals surface area contributed by atoms with Gasteiger partial charge in [0.2, 0.25) is 5.95 Å². The van der Waals surface area contributed by atoms with E-state index < -0.39 is 21.9 Å². The molecule has 1 aliphatic heterocycles. The molecule has 2 heterocycles. The van der Waals surface area contributed by atoms with E-state index in [2.05, 4.69) is 20.1 Å². The fraction of sp³-hybridized carbons (Fsp3) is 0.0833. The van der Waals surface area contributed by atoms with Crippen molar-refractivity contribution in [2.24, 2.45) is 0 Å². The molecule has 0 fully saturated rings. The molecule has 7 nitrogen and oxygen atoms in total. The van der Waals surface area contributed by atoms with Crippen LogP contribution in [0.5, 0.6) is 0 Å². The lowest BCUT2D eigenvalue weighted by atomic mass is 10.0. The van der Waals surface area contributed by atoms with E-state index in [1.807, 2.05) is 31.2 Å². The summed E-state index contributed by atoms with van der Waals surface area (Å²) in [5, 5.41) is 7.72. The third-order valence-corrected chi connectivity index (χ3v) is 7.08. The largest absolute Gasteiger partial charge is 0.324 e. The topological polar surface area (TPSA) is 88.9 Å². The van der Waals surface area contributed by atoms with Crippen LogP contribution >= 0.6 is 11.6 Å². The van der Waals surface area contributed by atoms with E-state index in [1.165, 1.54) is 28.9 Å². The lowest BCUT2D eigenvalue weighted by Crippen LogP contribution is -2.21. The Kier molecular flexibility index (Phi) is 5.59. The SMILES string of the molecule is Cc1ccc(C2=C[C@@H](c3c(F)cccc3Cl)n3nc(NS(=O)(=O)c4ccccc4)nc3N2)cc1. The van der Waals surface area contributed by atoms with Crippen LogP contribution in [0.4, 0.5) is 16.3 Å². The van der Waals surface area contributed by atoms with Crippen molar-refractivity contribution in [1.82, 2.24) is 14.8 Å². The third kappa shape index (κ3) is 4.15. The summed E-state index contributed by atoms with van der Waals surface area (Å²) >= 11 is 6.37. The number of hydrogen-bond donors (Lipinski definition) is 2. The van der Waals surface area contributed by atoms with Crippen LogP contribution in [-0.2, 0) is 10.0 Å². The molecule has 172 valence electrons. The molecule has 0 bridgehead atoms. The number of aromatic nitrogens is 3. The van der Waals surface area contributed by atoms with Crippen molar-refractivity contribution >= 4 is 39.2 Å². The molecule has 34 heavy (non-hydrogen) atoms. The summed E-state index contributed by atoms with van der Waals surface area (Å²) in [7, 11) is -3.91. The molecular weight excluding hydrogens is 477 g/mol. The van der Waals surface area contributed by atoms with Gasteiger partial charge in [0.1, 0.15) is 11.9 Å². The Bertz CT molecular complexity index is 1480. The van der Waals surface area contributed by atoms with Gasteiger partial charge in [0.15, 0.2) is 0 Å². The first kappa shape index (κ1) is 22.1. The smallest absolute Gasteiger partial charge is 0.264 e.